The van der Waals surface area contributed by atoms with Crippen LogP contribution in [0.4, 0.5) is 4.79 Å². The first kappa shape index (κ1) is 17.3. The topological polar surface area (TPSA) is 95.9 Å². The third-order valence-electron chi connectivity index (χ3n) is 3.78. The van der Waals surface area contributed by atoms with Gasteiger partial charge in [0.1, 0.15) is 6.54 Å². The fraction of sp³-hybridized carbons (Fsp3) is 0.786. The summed E-state index contributed by atoms with van der Waals surface area (Å²) in [6.45, 7) is 5.26. The fourth-order valence-electron chi connectivity index (χ4n) is 1.82. The predicted molar refractivity (Wildman–Crippen MR) is 75.8 cm³/mol. The number of hydrogen-bond acceptors (Lipinski definition) is 4. The third-order valence-corrected chi connectivity index (χ3v) is 3.78. The van der Waals surface area contributed by atoms with Crippen LogP contribution in [0.25, 0.3) is 0 Å². The number of rotatable bonds is 8. The molecule has 0 aromatic rings. The molecule has 21 heavy (non-hydrogen) atoms. The van der Waals surface area contributed by atoms with Crippen molar-refractivity contribution in [1.29, 1.82) is 0 Å². The van der Waals surface area contributed by atoms with Gasteiger partial charge in [-0.25, -0.2) is 4.79 Å². The summed E-state index contributed by atoms with van der Waals surface area (Å²) in [6.07, 6.45) is 2.12. The minimum absolute atomic E-state index is 0.0315. The highest BCUT2D eigenvalue weighted by Crippen LogP contribution is 2.27. The van der Waals surface area contributed by atoms with Crippen LogP contribution in [0.3, 0.4) is 0 Å². The molecule has 1 aliphatic rings. The van der Waals surface area contributed by atoms with E-state index in [0.29, 0.717) is 6.42 Å². The van der Waals surface area contributed by atoms with Crippen molar-refractivity contribution in [3.8, 4) is 0 Å². The van der Waals surface area contributed by atoms with E-state index in [4.69, 9.17) is 4.74 Å². The third kappa shape index (κ3) is 4.91. The average molecular weight is 300 g/mol. The highest BCUT2D eigenvalue weighted by atomic mass is 16.5. The summed E-state index contributed by atoms with van der Waals surface area (Å²) in [5, 5.41) is 11.8. The molecule has 0 heterocycles. The van der Waals surface area contributed by atoms with Gasteiger partial charge in [-0.15, -0.1) is 0 Å². The van der Waals surface area contributed by atoms with Gasteiger partial charge in [-0.1, -0.05) is 6.92 Å². The number of carboxylic acids is 1. The number of aliphatic carboxylic acids is 1. The van der Waals surface area contributed by atoms with Crippen molar-refractivity contribution in [3.63, 3.8) is 0 Å². The predicted octanol–water partition coefficient (Wildman–Crippen LogP) is 1.22. The van der Waals surface area contributed by atoms with Crippen molar-refractivity contribution >= 4 is 18.0 Å². The number of carboxylic acid groups (broad SMARTS) is 1. The molecular weight excluding hydrogens is 276 g/mol. The molecule has 1 fully saturated rings. The molecule has 1 aliphatic carbocycles. The van der Waals surface area contributed by atoms with Crippen LogP contribution < -0.4 is 5.32 Å². The SMILES string of the molecule is CCOC(=O)CN(C(=O)NCC(C)(CC)C(=O)O)C1CC1. The highest BCUT2D eigenvalue weighted by Gasteiger charge is 2.36. The molecule has 7 nitrogen and oxygen atoms in total. The van der Waals surface area contributed by atoms with Crippen molar-refractivity contribution < 1.29 is 24.2 Å². The Balaban J connectivity index is 2.57. The second-order valence-corrected chi connectivity index (χ2v) is 5.54. The summed E-state index contributed by atoms with van der Waals surface area (Å²) in [4.78, 5) is 36.3. The van der Waals surface area contributed by atoms with E-state index in [-0.39, 0.29) is 25.7 Å². The van der Waals surface area contributed by atoms with Gasteiger partial charge in [0, 0.05) is 12.6 Å². The van der Waals surface area contributed by atoms with E-state index in [1.807, 2.05) is 0 Å². The second kappa shape index (κ2) is 7.28. The Labute approximate surface area is 124 Å². The number of urea groups is 1. The highest BCUT2D eigenvalue weighted by molar-refractivity contribution is 5.82. The number of amides is 2. The van der Waals surface area contributed by atoms with E-state index in [0.717, 1.165) is 12.8 Å². The quantitative estimate of drug-likeness (QED) is 0.657. The zero-order valence-electron chi connectivity index (χ0n) is 12.8. The van der Waals surface area contributed by atoms with Crippen LogP contribution in [-0.4, -0.2) is 53.7 Å². The summed E-state index contributed by atoms with van der Waals surface area (Å²) in [5.41, 5.74) is -1.01. The normalized spacial score (nSPS) is 16.7. The van der Waals surface area contributed by atoms with E-state index in [2.05, 4.69) is 5.32 Å². The Morgan fingerprint density at radius 2 is 1.95 bits per heavy atom. The number of carbonyl (C=O) groups is 3. The van der Waals surface area contributed by atoms with Gasteiger partial charge in [0.05, 0.1) is 12.0 Å². The largest absolute Gasteiger partial charge is 0.481 e. The second-order valence-electron chi connectivity index (χ2n) is 5.54. The molecule has 0 aromatic carbocycles. The van der Waals surface area contributed by atoms with E-state index in [1.54, 1.807) is 20.8 Å². The minimum atomic E-state index is -1.01. The lowest BCUT2D eigenvalue weighted by atomic mass is 9.88. The zero-order chi connectivity index (χ0) is 16.0. The lowest BCUT2D eigenvalue weighted by molar-refractivity contribution is -0.148. The molecule has 0 bridgehead atoms. The number of ether oxygens (including phenoxy) is 1. The number of nitrogens with one attached hydrogen (secondary N) is 1. The molecule has 7 heteroatoms. The molecule has 0 radical (unpaired) electrons. The van der Waals surface area contributed by atoms with Crippen molar-refractivity contribution in [2.45, 2.75) is 46.1 Å². The molecule has 1 atom stereocenters. The number of nitrogens with zero attached hydrogens (tertiary/aromatic N) is 1. The molecule has 1 unspecified atom stereocenters. The monoisotopic (exact) mass is 300 g/mol. The lowest BCUT2D eigenvalue weighted by Crippen LogP contribution is -2.48. The molecule has 120 valence electrons. The van der Waals surface area contributed by atoms with Gasteiger partial charge in [0.25, 0.3) is 0 Å². The van der Waals surface area contributed by atoms with Gasteiger partial charge in [0.15, 0.2) is 0 Å². The van der Waals surface area contributed by atoms with Crippen LogP contribution in [0, 0.1) is 5.41 Å². The Kier molecular flexibility index (Phi) is 5.99. The Morgan fingerprint density at radius 1 is 1.33 bits per heavy atom. The molecular formula is C14H24N2O5. The number of esters is 1. The van der Waals surface area contributed by atoms with Crippen molar-refractivity contribution in [1.82, 2.24) is 10.2 Å². The maximum absolute atomic E-state index is 12.2. The summed E-state index contributed by atoms with van der Waals surface area (Å²) in [7, 11) is 0. The van der Waals surface area contributed by atoms with Crippen LogP contribution in [0.1, 0.15) is 40.0 Å². The molecule has 0 spiro atoms. The summed E-state index contributed by atoms with van der Waals surface area (Å²) in [5.74, 6) is -1.40. The van der Waals surface area contributed by atoms with Crippen LogP contribution >= 0.6 is 0 Å². The molecule has 1 rings (SSSR count). The Hall–Kier alpha value is -1.79. The fourth-order valence-corrected chi connectivity index (χ4v) is 1.82. The van der Waals surface area contributed by atoms with Gasteiger partial charge in [-0.2, -0.15) is 0 Å². The first-order chi connectivity index (χ1) is 9.84. The van der Waals surface area contributed by atoms with Gasteiger partial charge >= 0.3 is 18.0 Å². The van der Waals surface area contributed by atoms with Crippen LogP contribution in [-0.2, 0) is 14.3 Å². The Bertz CT molecular complexity index is 408. The van der Waals surface area contributed by atoms with Gasteiger partial charge in [-0.3, -0.25) is 9.59 Å². The van der Waals surface area contributed by atoms with E-state index < -0.39 is 23.4 Å². The van der Waals surface area contributed by atoms with E-state index in [9.17, 15) is 19.5 Å². The van der Waals surface area contributed by atoms with Crippen molar-refractivity contribution in [2.24, 2.45) is 5.41 Å². The van der Waals surface area contributed by atoms with Crippen LogP contribution in [0.15, 0.2) is 0 Å². The molecule has 1 saturated carbocycles. The van der Waals surface area contributed by atoms with Crippen LogP contribution in [0.5, 0.6) is 0 Å². The molecule has 0 aromatic heterocycles. The maximum Gasteiger partial charge on any atom is 0.325 e. The first-order valence-electron chi connectivity index (χ1n) is 7.27. The first-order valence-corrected chi connectivity index (χ1v) is 7.27. The van der Waals surface area contributed by atoms with Crippen molar-refractivity contribution in [2.75, 3.05) is 19.7 Å². The lowest BCUT2D eigenvalue weighted by Gasteiger charge is -2.27. The van der Waals surface area contributed by atoms with Crippen LogP contribution in [0.2, 0.25) is 0 Å². The molecule has 0 aliphatic heterocycles. The van der Waals surface area contributed by atoms with E-state index in [1.165, 1.54) is 4.90 Å². The standard InChI is InChI=1S/C14H24N2O5/c1-4-14(3,12(18)19)9-15-13(20)16(10-6-7-10)8-11(17)21-5-2/h10H,4-9H2,1-3H3,(H,15,20)(H,18,19). The van der Waals surface area contributed by atoms with Crippen molar-refractivity contribution in [3.05, 3.63) is 0 Å². The number of carbonyl (C=O) groups excluding carboxylic acids is 2. The molecule has 0 saturated heterocycles. The maximum atomic E-state index is 12.2. The van der Waals surface area contributed by atoms with E-state index >= 15 is 0 Å². The number of hydrogen-bond donors (Lipinski definition) is 2. The van der Waals surface area contributed by atoms with Gasteiger partial charge in [-0.05, 0) is 33.1 Å². The van der Waals surface area contributed by atoms with Gasteiger partial charge in [0.2, 0.25) is 0 Å². The van der Waals surface area contributed by atoms with Gasteiger partial charge < -0.3 is 20.1 Å². The smallest absolute Gasteiger partial charge is 0.325 e. The minimum Gasteiger partial charge on any atom is -0.481 e. The Morgan fingerprint density at radius 3 is 2.38 bits per heavy atom. The summed E-state index contributed by atoms with van der Waals surface area (Å²) < 4.78 is 4.85. The summed E-state index contributed by atoms with van der Waals surface area (Å²) in [6, 6.07) is -0.362. The average Bonchev–Trinajstić information content (AvgIpc) is 3.26. The molecule has 2 N–H and O–H groups in total. The molecule has 2 amide bonds. The summed E-state index contributed by atoms with van der Waals surface area (Å²) >= 11 is 0. The zero-order valence-corrected chi connectivity index (χ0v) is 12.8.